The normalized spacial score (nSPS) is 11.9. The van der Waals surface area contributed by atoms with E-state index in [0.717, 1.165) is 23.1 Å². The quantitative estimate of drug-likeness (QED) is 0.650. The molecule has 1 N–H and O–H groups in total. The number of alkyl halides is 3. The maximum atomic E-state index is 13.5. The number of hydrogen-bond acceptors (Lipinski definition) is 4. The summed E-state index contributed by atoms with van der Waals surface area (Å²) in [5.74, 6) is -0.177. The van der Waals surface area contributed by atoms with Gasteiger partial charge >= 0.3 is 6.18 Å². The molecule has 0 aliphatic rings. The molecule has 114 valence electrons. The fourth-order valence-corrected chi connectivity index (χ4v) is 3.70. The van der Waals surface area contributed by atoms with Gasteiger partial charge in [0.05, 0.1) is 10.6 Å². The molecule has 0 bridgehead atoms. The number of nitrogens with one attached hydrogen (secondary N) is 1. The molecule has 0 saturated heterocycles. The Labute approximate surface area is 127 Å². The first-order valence-electron chi connectivity index (χ1n) is 5.99. The molecule has 0 radical (unpaired) electrons. The van der Waals surface area contributed by atoms with Crippen LogP contribution in [0.3, 0.4) is 0 Å². The van der Waals surface area contributed by atoms with Crippen molar-refractivity contribution in [3.63, 3.8) is 0 Å². The number of thioether (sulfide) groups is 1. The van der Waals surface area contributed by atoms with E-state index in [4.69, 9.17) is 0 Å². The molecular weight excluding hydrogens is 324 g/mol. The number of benzene rings is 1. The number of thiazole rings is 1. The van der Waals surface area contributed by atoms with Gasteiger partial charge in [0.1, 0.15) is 10.8 Å². The summed E-state index contributed by atoms with van der Waals surface area (Å²) >= 11 is 2.14. The summed E-state index contributed by atoms with van der Waals surface area (Å²) in [5.41, 5.74) is -0.856. The Morgan fingerprint density at radius 1 is 1.29 bits per heavy atom. The summed E-state index contributed by atoms with van der Waals surface area (Å²) < 4.78 is 52.0. The molecule has 0 amide bonds. The molecule has 1 heterocycles. The molecule has 8 heteroatoms. The zero-order valence-corrected chi connectivity index (χ0v) is 12.6. The SMILES string of the molecule is CNCc1sc(CSc2ccccc2F)nc1C(F)(F)F. The molecule has 0 unspecified atom stereocenters. The number of hydrogen-bond donors (Lipinski definition) is 1. The van der Waals surface area contributed by atoms with E-state index in [1.165, 1.54) is 6.07 Å². The van der Waals surface area contributed by atoms with Crippen molar-refractivity contribution >= 4 is 23.1 Å². The molecule has 0 spiro atoms. The zero-order valence-electron chi connectivity index (χ0n) is 11.0. The van der Waals surface area contributed by atoms with Gasteiger partial charge in [0.15, 0.2) is 5.69 Å². The number of rotatable bonds is 5. The van der Waals surface area contributed by atoms with Crippen LogP contribution >= 0.6 is 23.1 Å². The van der Waals surface area contributed by atoms with Gasteiger partial charge in [0, 0.05) is 11.4 Å². The standard InChI is InChI=1S/C13H12F4N2S2/c1-18-6-10-12(13(15,16)17)19-11(21-10)7-20-9-5-3-2-4-8(9)14/h2-5,18H,6-7H2,1H3. The molecular formula is C13H12F4N2S2. The number of halogens is 4. The zero-order chi connectivity index (χ0) is 15.5. The van der Waals surface area contributed by atoms with Gasteiger partial charge in [-0.05, 0) is 19.2 Å². The smallest absolute Gasteiger partial charge is 0.315 e. The lowest BCUT2D eigenvalue weighted by Gasteiger charge is -2.04. The van der Waals surface area contributed by atoms with Crippen LogP contribution in [0.15, 0.2) is 29.2 Å². The van der Waals surface area contributed by atoms with Crippen LogP contribution < -0.4 is 5.32 Å². The van der Waals surface area contributed by atoms with Crippen molar-refractivity contribution in [2.75, 3.05) is 7.05 Å². The summed E-state index contributed by atoms with van der Waals surface area (Å²) in [6.45, 7) is 0.108. The average molecular weight is 336 g/mol. The van der Waals surface area contributed by atoms with E-state index < -0.39 is 11.9 Å². The highest BCUT2D eigenvalue weighted by Crippen LogP contribution is 2.36. The Balaban J connectivity index is 2.16. The van der Waals surface area contributed by atoms with E-state index >= 15 is 0 Å². The molecule has 2 aromatic rings. The number of aromatic nitrogens is 1. The summed E-state index contributed by atoms with van der Waals surface area (Å²) in [4.78, 5) is 4.20. The fraction of sp³-hybridized carbons (Fsp3) is 0.308. The molecule has 2 rings (SSSR count). The topological polar surface area (TPSA) is 24.9 Å². The van der Waals surface area contributed by atoms with Gasteiger partial charge in [-0.2, -0.15) is 13.2 Å². The molecule has 0 saturated carbocycles. The largest absolute Gasteiger partial charge is 0.434 e. The Morgan fingerprint density at radius 3 is 2.62 bits per heavy atom. The van der Waals surface area contributed by atoms with E-state index in [0.29, 0.717) is 9.90 Å². The first kappa shape index (κ1) is 16.3. The van der Waals surface area contributed by atoms with Crippen LogP contribution in [0, 0.1) is 5.82 Å². The second-order valence-corrected chi connectivity index (χ2v) is 6.31. The first-order chi connectivity index (χ1) is 9.91. The van der Waals surface area contributed by atoms with Gasteiger partial charge in [-0.1, -0.05) is 12.1 Å². The average Bonchev–Trinajstić information content (AvgIpc) is 2.81. The number of nitrogens with zero attached hydrogens (tertiary/aromatic N) is 1. The fourth-order valence-electron chi connectivity index (χ4n) is 1.67. The van der Waals surface area contributed by atoms with Crippen LogP contribution in [0.5, 0.6) is 0 Å². The van der Waals surface area contributed by atoms with E-state index in [1.807, 2.05) is 0 Å². The lowest BCUT2D eigenvalue weighted by atomic mass is 10.3. The van der Waals surface area contributed by atoms with Crippen LogP contribution in [0.4, 0.5) is 17.6 Å². The van der Waals surface area contributed by atoms with Crippen molar-refractivity contribution in [1.82, 2.24) is 10.3 Å². The highest BCUT2D eigenvalue weighted by Gasteiger charge is 2.37. The molecule has 0 fully saturated rings. The third-order valence-electron chi connectivity index (χ3n) is 2.54. The van der Waals surface area contributed by atoms with Crippen molar-refractivity contribution in [3.05, 3.63) is 45.7 Å². The van der Waals surface area contributed by atoms with Gasteiger partial charge in [-0.3, -0.25) is 0 Å². The molecule has 2 nitrogen and oxygen atoms in total. The van der Waals surface area contributed by atoms with Crippen molar-refractivity contribution < 1.29 is 17.6 Å². The minimum atomic E-state index is -4.47. The third kappa shape index (κ3) is 4.18. The minimum Gasteiger partial charge on any atom is -0.315 e. The summed E-state index contributed by atoms with van der Waals surface area (Å²) in [6.07, 6.45) is -4.47. The predicted octanol–water partition coefficient (Wildman–Crippen LogP) is 4.31. The molecule has 0 atom stereocenters. The van der Waals surface area contributed by atoms with E-state index in [-0.39, 0.29) is 23.0 Å². The molecule has 21 heavy (non-hydrogen) atoms. The van der Waals surface area contributed by atoms with Gasteiger partial charge in [0.25, 0.3) is 0 Å². The van der Waals surface area contributed by atoms with Gasteiger partial charge in [0.2, 0.25) is 0 Å². The van der Waals surface area contributed by atoms with Crippen LogP contribution in [0.2, 0.25) is 0 Å². The van der Waals surface area contributed by atoms with Crippen LogP contribution in [0.25, 0.3) is 0 Å². The molecule has 0 aliphatic carbocycles. The van der Waals surface area contributed by atoms with Crippen molar-refractivity contribution in [2.45, 2.75) is 23.4 Å². The van der Waals surface area contributed by atoms with Gasteiger partial charge < -0.3 is 5.32 Å². The van der Waals surface area contributed by atoms with Crippen LogP contribution in [0.1, 0.15) is 15.6 Å². The predicted molar refractivity (Wildman–Crippen MR) is 75.8 cm³/mol. The third-order valence-corrected chi connectivity index (χ3v) is 4.83. The van der Waals surface area contributed by atoms with Crippen molar-refractivity contribution in [1.29, 1.82) is 0 Å². The van der Waals surface area contributed by atoms with Crippen molar-refractivity contribution in [2.24, 2.45) is 0 Å². The summed E-state index contributed by atoms with van der Waals surface area (Å²) in [7, 11) is 1.58. The van der Waals surface area contributed by atoms with E-state index in [9.17, 15) is 17.6 Å². The highest BCUT2D eigenvalue weighted by molar-refractivity contribution is 7.98. The summed E-state index contributed by atoms with van der Waals surface area (Å²) in [5, 5.41) is 3.03. The second kappa shape index (κ2) is 6.76. The minimum absolute atomic E-state index is 0.108. The van der Waals surface area contributed by atoms with Crippen molar-refractivity contribution in [3.8, 4) is 0 Å². The summed E-state index contributed by atoms with van der Waals surface area (Å²) in [6, 6.07) is 6.15. The first-order valence-corrected chi connectivity index (χ1v) is 7.79. The Bertz CT molecular complexity index is 610. The Morgan fingerprint density at radius 2 is 2.00 bits per heavy atom. The lowest BCUT2D eigenvalue weighted by Crippen LogP contribution is -2.12. The second-order valence-electron chi connectivity index (χ2n) is 4.13. The Kier molecular flexibility index (Phi) is 5.23. The maximum absolute atomic E-state index is 13.5. The van der Waals surface area contributed by atoms with E-state index in [1.54, 1.807) is 25.2 Å². The van der Waals surface area contributed by atoms with Gasteiger partial charge in [-0.25, -0.2) is 9.37 Å². The lowest BCUT2D eigenvalue weighted by molar-refractivity contribution is -0.141. The highest BCUT2D eigenvalue weighted by atomic mass is 32.2. The molecule has 1 aromatic carbocycles. The monoisotopic (exact) mass is 336 g/mol. The van der Waals surface area contributed by atoms with E-state index in [2.05, 4.69) is 10.3 Å². The van der Waals surface area contributed by atoms with Crippen LogP contribution in [-0.2, 0) is 18.5 Å². The Hall–Kier alpha value is -1.12. The molecule has 1 aromatic heterocycles. The molecule has 0 aliphatic heterocycles. The van der Waals surface area contributed by atoms with Gasteiger partial charge in [-0.15, -0.1) is 23.1 Å². The maximum Gasteiger partial charge on any atom is 0.434 e. The van der Waals surface area contributed by atoms with Crippen LogP contribution in [-0.4, -0.2) is 12.0 Å².